The van der Waals surface area contributed by atoms with Crippen LogP contribution in [0.4, 0.5) is 0 Å². The maximum absolute atomic E-state index is 12.4. The summed E-state index contributed by atoms with van der Waals surface area (Å²) in [6, 6.07) is 9.55. The Balaban J connectivity index is 2.22. The Hall–Kier alpha value is -1.92. The van der Waals surface area contributed by atoms with Gasteiger partial charge in [0.05, 0.1) is 6.61 Å². The molecule has 1 heterocycles. The van der Waals surface area contributed by atoms with Crippen molar-refractivity contribution in [1.82, 2.24) is 9.88 Å². The summed E-state index contributed by atoms with van der Waals surface area (Å²) in [7, 11) is 0. The van der Waals surface area contributed by atoms with Crippen molar-refractivity contribution in [3.8, 4) is 0 Å². The summed E-state index contributed by atoms with van der Waals surface area (Å²) < 4.78 is 0. The van der Waals surface area contributed by atoms with Crippen LogP contribution in [0.2, 0.25) is 0 Å². The molecule has 0 unspecified atom stereocenters. The zero-order chi connectivity index (χ0) is 14.5. The summed E-state index contributed by atoms with van der Waals surface area (Å²) >= 11 is 0.903. The van der Waals surface area contributed by atoms with Crippen LogP contribution in [0, 0.1) is 6.92 Å². The Morgan fingerprint density at radius 3 is 2.60 bits per heavy atom. The van der Waals surface area contributed by atoms with Gasteiger partial charge in [-0.2, -0.15) is 0 Å². The van der Waals surface area contributed by atoms with Crippen molar-refractivity contribution in [2.24, 2.45) is 0 Å². The average molecular weight is 292 g/mol. The average Bonchev–Trinajstić information content (AvgIpc) is 2.77. The molecule has 0 spiro atoms. The first kappa shape index (κ1) is 14.5. The molecule has 6 heteroatoms. The van der Waals surface area contributed by atoms with E-state index in [4.69, 9.17) is 5.11 Å². The summed E-state index contributed by atoms with van der Waals surface area (Å²) in [6.45, 7) is 2.23. The number of aromatic amines is 1. The van der Waals surface area contributed by atoms with Crippen LogP contribution in [0.15, 0.2) is 35.1 Å². The summed E-state index contributed by atoms with van der Waals surface area (Å²) in [6.07, 6.45) is 0. The van der Waals surface area contributed by atoms with Crippen molar-refractivity contribution in [3.05, 3.63) is 56.1 Å². The first-order valence-corrected chi connectivity index (χ1v) is 7.07. The lowest BCUT2D eigenvalue weighted by atomic mass is 10.2. The number of aliphatic hydroxyl groups excluding tert-OH is 1. The second kappa shape index (κ2) is 6.49. The summed E-state index contributed by atoms with van der Waals surface area (Å²) in [5.41, 5.74) is 1.55. The van der Waals surface area contributed by atoms with Crippen LogP contribution in [0.3, 0.4) is 0 Å². The molecule has 0 saturated heterocycles. The van der Waals surface area contributed by atoms with Crippen molar-refractivity contribution in [2.75, 3.05) is 13.2 Å². The van der Waals surface area contributed by atoms with Gasteiger partial charge in [0.2, 0.25) is 0 Å². The zero-order valence-electron chi connectivity index (χ0n) is 11.1. The number of nitrogens with one attached hydrogen (secondary N) is 1. The van der Waals surface area contributed by atoms with E-state index >= 15 is 0 Å². The number of thiazole rings is 1. The summed E-state index contributed by atoms with van der Waals surface area (Å²) in [5, 5.41) is 9.12. The van der Waals surface area contributed by atoms with E-state index in [0.29, 0.717) is 17.1 Å². The number of carbonyl (C=O) groups excluding carboxylic acids is 1. The third-order valence-electron chi connectivity index (χ3n) is 2.89. The van der Waals surface area contributed by atoms with Gasteiger partial charge in [0.15, 0.2) is 0 Å². The number of aromatic nitrogens is 1. The van der Waals surface area contributed by atoms with Gasteiger partial charge >= 0.3 is 4.87 Å². The highest BCUT2D eigenvalue weighted by atomic mass is 32.1. The normalized spacial score (nSPS) is 10.5. The minimum Gasteiger partial charge on any atom is -0.395 e. The topological polar surface area (TPSA) is 73.4 Å². The van der Waals surface area contributed by atoms with Crippen molar-refractivity contribution < 1.29 is 9.90 Å². The van der Waals surface area contributed by atoms with Gasteiger partial charge in [-0.25, -0.2) is 0 Å². The number of hydrogen-bond acceptors (Lipinski definition) is 4. The number of aliphatic hydroxyl groups is 1. The molecule has 0 saturated carbocycles. The molecule has 106 valence electrons. The van der Waals surface area contributed by atoms with Crippen LogP contribution in [0.1, 0.15) is 20.9 Å². The lowest BCUT2D eigenvalue weighted by Gasteiger charge is -2.21. The molecule has 1 amide bonds. The second-order valence-electron chi connectivity index (χ2n) is 4.40. The number of H-pyrrole nitrogens is 1. The van der Waals surface area contributed by atoms with Gasteiger partial charge in [-0.15, -0.1) is 0 Å². The second-order valence-corrected chi connectivity index (χ2v) is 5.39. The fourth-order valence-corrected chi connectivity index (χ4v) is 2.74. The molecule has 20 heavy (non-hydrogen) atoms. The number of aryl methyl sites for hydroxylation is 1. The Kier molecular flexibility index (Phi) is 4.70. The maximum atomic E-state index is 12.4. The molecule has 2 N–H and O–H groups in total. The van der Waals surface area contributed by atoms with Gasteiger partial charge in [-0.3, -0.25) is 9.59 Å². The molecule has 0 aliphatic carbocycles. The smallest absolute Gasteiger partial charge is 0.305 e. The Morgan fingerprint density at radius 1 is 1.35 bits per heavy atom. The molecule has 5 nitrogen and oxygen atoms in total. The van der Waals surface area contributed by atoms with Crippen molar-refractivity contribution in [1.29, 1.82) is 0 Å². The molecular weight excluding hydrogens is 276 g/mol. The van der Waals surface area contributed by atoms with Crippen LogP contribution in [0.25, 0.3) is 0 Å². The van der Waals surface area contributed by atoms with E-state index in [1.165, 1.54) is 0 Å². The van der Waals surface area contributed by atoms with Gasteiger partial charge in [0.25, 0.3) is 5.91 Å². The molecule has 2 rings (SSSR count). The summed E-state index contributed by atoms with van der Waals surface area (Å²) in [5.74, 6) is -0.233. The molecule has 0 aliphatic rings. The monoisotopic (exact) mass is 292 g/mol. The minimum atomic E-state index is -0.241. The molecular formula is C14H16N2O3S. The van der Waals surface area contributed by atoms with E-state index in [1.807, 2.05) is 30.3 Å². The van der Waals surface area contributed by atoms with Crippen LogP contribution in [-0.2, 0) is 6.54 Å². The van der Waals surface area contributed by atoms with Gasteiger partial charge in [0.1, 0.15) is 4.88 Å². The number of carbonyl (C=O) groups is 1. The van der Waals surface area contributed by atoms with Crippen LogP contribution in [0.5, 0.6) is 0 Å². The number of amides is 1. The molecule has 0 bridgehead atoms. The largest absolute Gasteiger partial charge is 0.395 e. The van der Waals surface area contributed by atoms with Crippen molar-refractivity contribution >= 4 is 17.2 Å². The lowest BCUT2D eigenvalue weighted by Crippen LogP contribution is -2.33. The molecule has 0 atom stereocenters. The lowest BCUT2D eigenvalue weighted by molar-refractivity contribution is 0.0712. The molecule has 0 radical (unpaired) electrons. The quantitative estimate of drug-likeness (QED) is 0.874. The highest BCUT2D eigenvalue weighted by Gasteiger charge is 2.20. The van der Waals surface area contributed by atoms with Gasteiger partial charge < -0.3 is 15.0 Å². The highest BCUT2D eigenvalue weighted by Crippen LogP contribution is 2.14. The zero-order valence-corrected chi connectivity index (χ0v) is 11.9. The molecule has 1 aromatic heterocycles. The number of benzene rings is 1. The Morgan fingerprint density at radius 2 is 2.05 bits per heavy atom. The van der Waals surface area contributed by atoms with E-state index in [2.05, 4.69) is 4.98 Å². The van der Waals surface area contributed by atoms with Crippen LogP contribution < -0.4 is 4.87 Å². The van der Waals surface area contributed by atoms with E-state index in [0.717, 1.165) is 16.9 Å². The van der Waals surface area contributed by atoms with E-state index in [1.54, 1.807) is 11.8 Å². The van der Waals surface area contributed by atoms with Crippen molar-refractivity contribution in [2.45, 2.75) is 13.5 Å². The highest BCUT2D eigenvalue weighted by molar-refractivity contribution is 7.11. The molecule has 0 fully saturated rings. The number of rotatable bonds is 5. The van der Waals surface area contributed by atoms with E-state index < -0.39 is 0 Å². The minimum absolute atomic E-state index is 0.114. The Labute approximate surface area is 120 Å². The van der Waals surface area contributed by atoms with Gasteiger partial charge in [0, 0.05) is 18.8 Å². The van der Waals surface area contributed by atoms with Gasteiger partial charge in [-0.05, 0) is 12.5 Å². The van der Waals surface area contributed by atoms with Crippen LogP contribution in [-0.4, -0.2) is 34.0 Å². The first-order chi connectivity index (χ1) is 9.61. The maximum Gasteiger partial charge on any atom is 0.305 e. The molecule has 2 aromatic rings. The summed E-state index contributed by atoms with van der Waals surface area (Å²) in [4.78, 5) is 28.0. The van der Waals surface area contributed by atoms with Crippen LogP contribution >= 0.6 is 11.3 Å². The first-order valence-electron chi connectivity index (χ1n) is 6.25. The predicted octanol–water partition coefficient (Wildman–Crippen LogP) is 1.38. The van der Waals surface area contributed by atoms with E-state index in [-0.39, 0.29) is 23.9 Å². The van der Waals surface area contributed by atoms with Gasteiger partial charge in [-0.1, -0.05) is 41.7 Å². The standard InChI is InChI=1S/C14H16N2O3S/c1-10-12(20-14(19)15-10)13(18)16(7-8-17)9-11-5-3-2-4-6-11/h2-6,17H,7-9H2,1H3,(H,15,19). The third kappa shape index (κ3) is 3.34. The van der Waals surface area contributed by atoms with E-state index in [9.17, 15) is 9.59 Å². The Bertz CT molecular complexity index is 633. The SMILES string of the molecule is Cc1[nH]c(=O)sc1C(=O)N(CCO)Cc1ccccc1. The van der Waals surface area contributed by atoms with Crippen molar-refractivity contribution in [3.63, 3.8) is 0 Å². The fourth-order valence-electron chi connectivity index (χ4n) is 1.93. The molecule has 0 aliphatic heterocycles. The fraction of sp³-hybridized carbons (Fsp3) is 0.286. The third-order valence-corrected chi connectivity index (χ3v) is 3.86. The predicted molar refractivity (Wildman–Crippen MR) is 77.9 cm³/mol. The molecule has 1 aromatic carbocycles. The number of nitrogens with zero attached hydrogens (tertiary/aromatic N) is 1. The number of hydrogen-bond donors (Lipinski definition) is 2.